The molecule has 0 heterocycles. The van der Waals surface area contributed by atoms with E-state index in [1.54, 1.807) is 0 Å². The fraction of sp³-hybridized carbons (Fsp3) is 0.417. The van der Waals surface area contributed by atoms with E-state index in [-0.39, 0.29) is 0 Å². The van der Waals surface area contributed by atoms with Gasteiger partial charge in [-0.2, -0.15) is 0 Å². The molecule has 0 radical (unpaired) electrons. The summed E-state index contributed by atoms with van der Waals surface area (Å²) in [6, 6.07) is 6.33. The van der Waals surface area contributed by atoms with Crippen molar-refractivity contribution in [3.8, 4) is 0 Å². The van der Waals surface area contributed by atoms with Crippen molar-refractivity contribution in [1.29, 1.82) is 5.41 Å². The topological polar surface area (TPSA) is 23.9 Å². The number of nitrogens with one attached hydrogen (secondary N) is 1. The van der Waals surface area contributed by atoms with Gasteiger partial charge in [-0.25, -0.2) is 0 Å². The summed E-state index contributed by atoms with van der Waals surface area (Å²) in [4.78, 5) is 0. The molecule has 1 nitrogen and oxygen atoms in total. The third-order valence-electron chi connectivity index (χ3n) is 2.40. The molecule has 1 heteroatoms. The Bertz CT molecular complexity index is 313. The van der Waals surface area contributed by atoms with Crippen LogP contribution in [0.4, 0.5) is 0 Å². The molecule has 0 aromatic heterocycles. The monoisotopic (exact) mass is 175 g/mol. The van der Waals surface area contributed by atoms with Crippen molar-refractivity contribution >= 4 is 5.71 Å². The fourth-order valence-corrected chi connectivity index (χ4v) is 1.53. The Kier molecular flexibility index (Phi) is 3.24. The second-order valence-corrected chi connectivity index (χ2v) is 3.32. The van der Waals surface area contributed by atoms with Crippen molar-refractivity contribution in [2.75, 3.05) is 0 Å². The van der Waals surface area contributed by atoms with Gasteiger partial charge in [0.05, 0.1) is 0 Å². The Hall–Kier alpha value is -1.11. The molecule has 0 saturated heterocycles. The maximum atomic E-state index is 7.53. The van der Waals surface area contributed by atoms with Crippen molar-refractivity contribution in [2.24, 2.45) is 0 Å². The number of rotatable bonds is 3. The van der Waals surface area contributed by atoms with Gasteiger partial charge in [-0.15, -0.1) is 0 Å². The lowest BCUT2D eigenvalue weighted by Gasteiger charge is -2.07. The molecule has 1 aromatic carbocycles. The molecule has 0 aliphatic carbocycles. The molecule has 13 heavy (non-hydrogen) atoms. The van der Waals surface area contributed by atoms with Gasteiger partial charge < -0.3 is 5.41 Å². The molecule has 0 amide bonds. The van der Waals surface area contributed by atoms with Gasteiger partial charge in [0.2, 0.25) is 0 Å². The van der Waals surface area contributed by atoms with Gasteiger partial charge in [0.1, 0.15) is 0 Å². The highest BCUT2D eigenvalue weighted by Gasteiger charge is 2.01. The summed E-state index contributed by atoms with van der Waals surface area (Å²) in [5.41, 5.74) is 4.49. The number of hydrogen-bond donors (Lipinski definition) is 1. The van der Waals surface area contributed by atoms with Gasteiger partial charge in [-0.3, -0.25) is 0 Å². The maximum absolute atomic E-state index is 7.53. The van der Waals surface area contributed by atoms with E-state index in [2.05, 4.69) is 26.0 Å². The van der Waals surface area contributed by atoms with Gasteiger partial charge in [0, 0.05) is 5.71 Å². The van der Waals surface area contributed by atoms with Crippen molar-refractivity contribution < 1.29 is 0 Å². The zero-order chi connectivity index (χ0) is 9.84. The van der Waals surface area contributed by atoms with E-state index in [0.717, 1.165) is 18.4 Å². The van der Waals surface area contributed by atoms with Crippen LogP contribution in [0.25, 0.3) is 0 Å². The van der Waals surface area contributed by atoms with Crippen LogP contribution >= 0.6 is 0 Å². The molecule has 0 atom stereocenters. The van der Waals surface area contributed by atoms with Crippen LogP contribution < -0.4 is 0 Å². The SMILES string of the molecule is CCc1ccc(C(C)=N)cc1CC. The number of hydrogen-bond acceptors (Lipinski definition) is 1. The smallest absolute Gasteiger partial charge is 0.0355 e. The molecule has 0 unspecified atom stereocenters. The van der Waals surface area contributed by atoms with Crippen molar-refractivity contribution in [3.63, 3.8) is 0 Å². The molecule has 70 valence electrons. The minimum atomic E-state index is 0.650. The Morgan fingerprint density at radius 3 is 2.23 bits per heavy atom. The van der Waals surface area contributed by atoms with Crippen LogP contribution in [0, 0.1) is 5.41 Å². The highest BCUT2D eigenvalue weighted by Crippen LogP contribution is 2.13. The predicted octanol–water partition coefficient (Wildman–Crippen LogP) is 3.20. The first-order chi connectivity index (χ1) is 6.19. The molecule has 0 saturated carbocycles. The van der Waals surface area contributed by atoms with E-state index in [4.69, 9.17) is 5.41 Å². The van der Waals surface area contributed by atoms with Crippen LogP contribution in [0.3, 0.4) is 0 Å². The first-order valence-electron chi connectivity index (χ1n) is 4.86. The molecular formula is C12H17N. The lowest BCUT2D eigenvalue weighted by Crippen LogP contribution is -1.97. The summed E-state index contributed by atoms with van der Waals surface area (Å²) in [5.74, 6) is 0. The van der Waals surface area contributed by atoms with Gasteiger partial charge in [0.25, 0.3) is 0 Å². The molecule has 1 aromatic rings. The lowest BCUT2D eigenvalue weighted by atomic mass is 9.98. The van der Waals surface area contributed by atoms with E-state index < -0.39 is 0 Å². The lowest BCUT2D eigenvalue weighted by molar-refractivity contribution is 1.04. The summed E-state index contributed by atoms with van der Waals surface area (Å²) in [5, 5.41) is 7.53. The standard InChI is InChI=1S/C12H17N/c1-4-10-6-7-12(9(3)13)8-11(10)5-2/h6-8,13H,4-5H2,1-3H3. The van der Waals surface area contributed by atoms with Crippen LogP contribution in [0.5, 0.6) is 0 Å². The Morgan fingerprint density at radius 1 is 1.15 bits per heavy atom. The predicted molar refractivity (Wildman–Crippen MR) is 57.7 cm³/mol. The Labute approximate surface area is 80.3 Å². The van der Waals surface area contributed by atoms with Crippen LogP contribution in [-0.4, -0.2) is 5.71 Å². The summed E-state index contributed by atoms with van der Waals surface area (Å²) in [6.07, 6.45) is 2.14. The third kappa shape index (κ3) is 2.18. The number of aryl methyl sites for hydroxylation is 2. The van der Waals surface area contributed by atoms with Crippen LogP contribution in [0.2, 0.25) is 0 Å². The van der Waals surface area contributed by atoms with E-state index in [1.165, 1.54) is 11.1 Å². The summed E-state index contributed by atoms with van der Waals surface area (Å²) in [6.45, 7) is 6.17. The fourth-order valence-electron chi connectivity index (χ4n) is 1.53. The molecule has 0 aliphatic heterocycles. The second kappa shape index (κ2) is 4.22. The average molecular weight is 175 g/mol. The Morgan fingerprint density at radius 2 is 1.77 bits per heavy atom. The molecule has 0 fully saturated rings. The van der Waals surface area contributed by atoms with Crippen molar-refractivity contribution in [1.82, 2.24) is 0 Å². The van der Waals surface area contributed by atoms with Crippen LogP contribution in [0.1, 0.15) is 37.5 Å². The van der Waals surface area contributed by atoms with E-state index in [1.807, 2.05) is 13.0 Å². The highest BCUT2D eigenvalue weighted by atomic mass is 14.4. The maximum Gasteiger partial charge on any atom is 0.0355 e. The molecular weight excluding hydrogens is 158 g/mol. The summed E-state index contributed by atoms with van der Waals surface area (Å²) < 4.78 is 0. The second-order valence-electron chi connectivity index (χ2n) is 3.32. The van der Waals surface area contributed by atoms with Gasteiger partial charge in [-0.05, 0) is 42.5 Å². The first kappa shape index (κ1) is 9.97. The minimum absolute atomic E-state index is 0.650. The van der Waals surface area contributed by atoms with Crippen LogP contribution in [-0.2, 0) is 12.8 Å². The Balaban J connectivity index is 3.13. The largest absolute Gasteiger partial charge is 0.305 e. The van der Waals surface area contributed by atoms with Crippen LogP contribution in [0.15, 0.2) is 18.2 Å². The quantitative estimate of drug-likeness (QED) is 0.682. The molecule has 0 bridgehead atoms. The normalized spacial score (nSPS) is 10.1. The minimum Gasteiger partial charge on any atom is -0.305 e. The van der Waals surface area contributed by atoms with E-state index in [9.17, 15) is 0 Å². The van der Waals surface area contributed by atoms with E-state index >= 15 is 0 Å². The molecule has 0 aliphatic rings. The zero-order valence-corrected chi connectivity index (χ0v) is 8.65. The third-order valence-corrected chi connectivity index (χ3v) is 2.40. The molecule has 1 rings (SSSR count). The van der Waals surface area contributed by atoms with Gasteiger partial charge >= 0.3 is 0 Å². The van der Waals surface area contributed by atoms with Gasteiger partial charge in [0.15, 0.2) is 0 Å². The zero-order valence-electron chi connectivity index (χ0n) is 8.65. The highest BCUT2D eigenvalue weighted by molar-refractivity contribution is 5.96. The average Bonchev–Trinajstić information content (AvgIpc) is 2.16. The molecule has 1 N–H and O–H groups in total. The summed E-state index contributed by atoms with van der Waals surface area (Å²) in [7, 11) is 0. The van der Waals surface area contributed by atoms with E-state index in [0.29, 0.717) is 5.71 Å². The van der Waals surface area contributed by atoms with Crippen molar-refractivity contribution in [3.05, 3.63) is 34.9 Å². The van der Waals surface area contributed by atoms with Crippen molar-refractivity contribution in [2.45, 2.75) is 33.6 Å². The molecule has 0 spiro atoms. The number of benzene rings is 1. The summed E-state index contributed by atoms with van der Waals surface area (Å²) >= 11 is 0. The van der Waals surface area contributed by atoms with Gasteiger partial charge in [-0.1, -0.05) is 26.0 Å². The first-order valence-corrected chi connectivity index (χ1v) is 4.86.